The Bertz CT molecular complexity index is 648. The van der Waals surface area contributed by atoms with E-state index in [-0.39, 0.29) is 22.5 Å². The molecule has 2 rings (SSSR count). The van der Waals surface area contributed by atoms with E-state index in [9.17, 15) is 14.4 Å². The smallest absolute Gasteiger partial charge is 0.266 e. The number of hydrogen-bond acceptors (Lipinski definition) is 3. The third kappa shape index (κ3) is 4.46. The van der Waals surface area contributed by atoms with Crippen molar-refractivity contribution in [1.82, 2.24) is 4.90 Å². The molecule has 0 radical (unpaired) electrons. The van der Waals surface area contributed by atoms with Crippen LogP contribution < -0.4 is 5.32 Å². The molecule has 0 atom stereocenters. The monoisotopic (exact) mass is 335 g/mol. The molecule has 0 unspecified atom stereocenters. The molecule has 0 saturated heterocycles. The van der Waals surface area contributed by atoms with Gasteiger partial charge in [0.2, 0.25) is 0 Å². The van der Waals surface area contributed by atoms with Gasteiger partial charge >= 0.3 is 0 Å². The van der Waals surface area contributed by atoms with E-state index in [2.05, 4.69) is 5.32 Å². The molecule has 1 N–H and O–H groups in total. The Morgan fingerprint density at radius 2 is 2.13 bits per heavy atom. The number of benzene rings is 1. The highest BCUT2D eigenvalue weighted by Gasteiger charge is 2.24. The van der Waals surface area contributed by atoms with Crippen LogP contribution in [0.3, 0.4) is 0 Å². The zero-order valence-corrected chi connectivity index (χ0v) is 13.7. The molecule has 1 amide bonds. The minimum Gasteiger partial charge on any atom is -0.360 e. The highest BCUT2D eigenvalue weighted by Crippen LogP contribution is 2.23. The molecule has 1 aromatic rings. The van der Waals surface area contributed by atoms with Crippen molar-refractivity contribution in [1.29, 1.82) is 5.26 Å². The van der Waals surface area contributed by atoms with Crippen molar-refractivity contribution in [3.05, 3.63) is 40.8 Å². The van der Waals surface area contributed by atoms with E-state index in [1.807, 2.05) is 6.07 Å². The first-order valence-electron chi connectivity index (χ1n) is 7.62. The van der Waals surface area contributed by atoms with Gasteiger partial charge in [-0.25, -0.2) is 4.39 Å². The van der Waals surface area contributed by atoms with Gasteiger partial charge < -0.3 is 10.2 Å². The van der Waals surface area contributed by atoms with Crippen LogP contribution >= 0.6 is 11.6 Å². The number of nitrogens with zero attached hydrogens (tertiary/aromatic N) is 2. The Morgan fingerprint density at radius 3 is 2.74 bits per heavy atom. The lowest BCUT2D eigenvalue weighted by Crippen LogP contribution is -2.39. The fourth-order valence-electron chi connectivity index (χ4n) is 2.71. The number of carbonyl (C=O) groups excluding carboxylic acids is 1. The number of carbonyl (C=O) groups is 1. The first-order valence-corrected chi connectivity index (χ1v) is 7.99. The van der Waals surface area contributed by atoms with Crippen molar-refractivity contribution >= 4 is 23.2 Å². The summed E-state index contributed by atoms with van der Waals surface area (Å²) in [5, 5.41) is 12.0. The van der Waals surface area contributed by atoms with Gasteiger partial charge in [0.1, 0.15) is 17.5 Å². The number of hydrogen-bond donors (Lipinski definition) is 1. The molecule has 0 aliphatic heterocycles. The maximum Gasteiger partial charge on any atom is 0.266 e. The van der Waals surface area contributed by atoms with Crippen LogP contribution in [-0.4, -0.2) is 23.9 Å². The van der Waals surface area contributed by atoms with Crippen molar-refractivity contribution in [3.63, 3.8) is 0 Å². The highest BCUT2D eigenvalue weighted by molar-refractivity contribution is 6.31. The lowest BCUT2D eigenvalue weighted by molar-refractivity contribution is -0.128. The van der Waals surface area contributed by atoms with Crippen LogP contribution in [0.1, 0.15) is 32.1 Å². The first kappa shape index (κ1) is 17.3. The van der Waals surface area contributed by atoms with Crippen molar-refractivity contribution in [2.45, 2.75) is 38.1 Å². The van der Waals surface area contributed by atoms with E-state index in [1.165, 1.54) is 30.8 Å². The zero-order chi connectivity index (χ0) is 16.8. The zero-order valence-electron chi connectivity index (χ0n) is 13.0. The molecular formula is C17H19ClFN3O. The van der Waals surface area contributed by atoms with Gasteiger partial charge in [-0.15, -0.1) is 0 Å². The molecule has 1 aromatic carbocycles. The second-order valence-corrected chi connectivity index (χ2v) is 6.06. The molecular weight excluding hydrogens is 317 g/mol. The van der Waals surface area contributed by atoms with Gasteiger partial charge in [-0.2, -0.15) is 5.26 Å². The summed E-state index contributed by atoms with van der Waals surface area (Å²) in [5.74, 6) is -0.824. The van der Waals surface area contributed by atoms with E-state index in [0.717, 1.165) is 25.7 Å². The van der Waals surface area contributed by atoms with E-state index in [4.69, 9.17) is 11.6 Å². The van der Waals surface area contributed by atoms with Gasteiger partial charge in [-0.05, 0) is 31.0 Å². The van der Waals surface area contributed by atoms with Crippen molar-refractivity contribution in [3.8, 4) is 6.07 Å². The van der Waals surface area contributed by atoms with E-state index < -0.39 is 5.82 Å². The summed E-state index contributed by atoms with van der Waals surface area (Å²) in [4.78, 5) is 14.1. The third-order valence-electron chi connectivity index (χ3n) is 4.10. The highest BCUT2D eigenvalue weighted by atomic mass is 35.5. The molecule has 6 heteroatoms. The Hall–Kier alpha value is -2.06. The van der Waals surface area contributed by atoms with Crippen LogP contribution in [-0.2, 0) is 4.79 Å². The molecule has 1 aliphatic rings. The minimum atomic E-state index is -0.519. The standard InChI is InChI=1S/C17H19ClFN3O/c1-22(14-5-3-2-4-6-14)17(23)12(10-20)11-21-13-7-8-16(19)15(18)9-13/h7-9,11,14,21H,2-6H2,1H3/b12-11-. The van der Waals surface area contributed by atoms with E-state index >= 15 is 0 Å². The molecule has 0 aromatic heterocycles. The number of rotatable bonds is 4. The predicted octanol–water partition coefficient (Wildman–Crippen LogP) is 4.09. The summed E-state index contributed by atoms with van der Waals surface area (Å²) >= 11 is 5.70. The Balaban J connectivity index is 2.06. The second kappa shape index (κ2) is 7.98. The maximum atomic E-state index is 13.1. The van der Waals surface area contributed by atoms with Crippen molar-refractivity contribution in [2.75, 3.05) is 12.4 Å². The second-order valence-electron chi connectivity index (χ2n) is 5.65. The van der Waals surface area contributed by atoms with Crippen LogP contribution in [0.2, 0.25) is 5.02 Å². The summed E-state index contributed by atoms with van der Waals surface area (Å²) in [6.07, 6.45) is 6.71. The van der Waals surface area contributed by atoms with Crippen LogP contribution in [0.4, 0.5) is 10.1 Å². The molecule has 1 saturated carbocycles. The van der Waals surface area contributed by atoms with Crippen LogP contribution in [0.5, 0.6) is 0 Å². The Labute approximate surface area is 140 Å². The molecule has 1 fully saturated rings. The number of likely N-dealkylation sites (N-methyl/N-ethyl adjacent to an activating group) is 1. The maximum absolute atomic E-state index is 13.1. The van der Waals surface area contributed by atoms with Crippen molar-refractivity contribution in [2.24, 2.45) is 0 Å². The number of amides is 1. The van der Waals surface area contributed by atoms with E-state index in [1.54, 1.807) is 11.9 Å². The molecule has 0 heterocycles. The molecule has 122 valence electrons. The summed E-state index contributed by atoms with van der Waals surface area (Å²) in [7, 11) is 1.73. The SMILES string of the molecule is CN(C(=O)/C(C#N)=C\Nc1ccc(F)c(Cl)c1)C1CCCCC1. The molecule has 0 spiro atoms. The number of nitriles is 1. The molecule has 0 bridgehead atoms. The average Bonchev–Trinajstić information content (AvgIpc) is 2.58. The summed E-state index contributed by atoms with van der Waals surface area (Å²) in [6, 6.07) is 6.22. The molecule has 1 aliphatic carbocycles. The fraction of sp³-hybridized carbons (Fsp3) is 0.412. The Kier molecular flexibility index (Phi) is 6.00. The van der Waals surface area contributed by atoms with Crippen LogP contribution in [0, 0.1) is 17.1 Å². The lowest BCUT2D eigenvalue weighted by Gasteiger charge is -2.31. The van der Waals surface area contributed by atoms with Gasteiger partial charge in [0.25, 0.3) is 5.91 Å². The van der Waals surface area contributed by atoms with Crippen LogP contribution in [0.25, 0.3) is 0 Å². The van der Waals surface area contributed by atoms with E-state index in [0.29, 0.717) is 5.69 Å². The molecule has 23 heavy (non-hydrogen) atoms. The largest absolute Gasteiger partial charge is 0.360 e. The summed E-state index contributed by atoms with van der Waals surface area (Å²) < 4.78 is 13.1. The summed E-state index contributed by atoms with van der Waals surface area (Å²) in [6.45, 7) is 0. The lowest BCUT2D eigenvalue weighted by atomic mass is 9.94. The normalized spacial score (nSPS) is 15.8. The van der Waals surface area contributed by atoms with Gasteiger partial charge in [0.05, 0.1) is 5.02 Å². The van der Waals surface area contributed by atoms with Crippen LogP contribution in [0.15, 0.2) is 30.0 Å². The fourth-order valence-corrected chi connectivity index (χ4v) is 2.89. The third-order valence-corrected chi connectivity index (χ3v) is 4.39. The summed E-state index contributed by atoms with van der Waals surface area (Å²) in [5.41, 5.74) is 0.524. The molecule has 4 nitrogen and oxygen atoms in total. The first-order chi connectivity index (χ1) is 11.0. The Morgan fingerprint density at radius 1 is 1.43 bits per heavy atom. The van der Waals surface area contributed by atoms with Gasteiger partial charge in [-0.3, -0.25) is 4.79 Å². The predicted molar refractivity (Wildman–Crippen MR) is 88.4 cm³/mol. The number of nitrogens with one attached hydrogen (secondary N) is 1. The van der Waals surface area contributed by atoms with Gasteiger partial charge in [-0.1, -0.05) is 30.9 Å². The van der Waals surface area contributed by atoms with Gasteiger partial charge in [0, 0.05) is 25.0 Å². The quantitative estimate of drug-likeness (QED) is 0.666. The number of halogens is 2. The van der Waals surface area contributed by atoms with Gasteiger partial charge in [0.15, 0.2) is 0 Å². The average molecular weight is 336 g/mol. The van der Waals surface area contributed by atoms with Crippen molar-refractivity contribution < 1.29 is 9.18 Å². The minimum absolute atomic E-state index is 0.0125. The number of anilines is 1. The topological polar surface area (TPSA) is 56.1 Å².